The standard InChI is InChI=1S/C11H16N2O2S/c1-9-3-2-4-10-11(9)13(6-5-12)7-8-16(10,14)15/h2-4H,5-8,12H2,1H3. The van der Waals surface area contributed by atoms with Crippen LogP contribution in [-0.2, 0) is 9.84 Å². The molecule has 2 N–H and O–H groups in total. The Bertz CT molecular complexity index is 497. The highest BCUT2D eigenvalue weighted by Gasteiger charge is 2.28. The van der Waals surface area contributed by atoms with Crippen molar-refractivity contribution in [1.82, 2.24) is 0 Å². The fourth-order valence-electron chi connectivity index (χ4n) is 2.12. The van der Waals surface area contributed by atoms with Gasteiger partial charge >= 0.3 is 0 Å². The minimum absolute atomic E-state index is 0.184. The number of rotatable bonds is 2. The van der Waals surface area contributed by atoms with E-state index in [1.165, 1.54) is 0 Å². The second-order valence-corrected chi connectivity index (χ2v) is 6.09. The minimum Gasteiger partial charge on any atom is -0.368 e. The van der Waals surface area contributed by atoms with E-state index in [-0.39, 0.29) is 5.75 Å². The number of hydrogen-bond donors (Lipinski definition) is 1. The fourth-order valence-corrected chi connectivity index (χ4v) is 3.67. The van der Waals surface area contributed by atoms with E-state index in [0.29, 0.717) is 24.5 Å². The van der Waals surface area contributed by atoms with Crippen molar-refractivity contribution in [2.24, 2.45) is 5.73 Å². The molecule has 1 aromatic carbocycles. The van der Waals surface area contributed by atoms with E-state index in [2.05, 4.69) is 4.90 Å². The molecule has 0 unspecified atom stereocenters. The summed E-state index contributed by atoms with van der Waals surface area (Å²) < 4.78 is 23.8. The molecule has 1 aromatic rings. The van der Waals surface area contributed by atoms with E-state index < -0.39 is 9.84 Å². The normalized spacial score (nSPS) is 18.2. The number of anilines is 1. The second kappa shape index (κ2) is 4.07. The number of hydrogen-bond acceptors (Lipinski definition) is 4. The van der Waals surface area contributed by atoms with Crippen molar-refractivity contribution in [3.63, 3.8) is 0 Å². The lowest BCUT2D eigenvalue weighted by atomic mass is 10.1. The average molecular weight is 240 g/mol. The molecular formula is C11H16N2O2S. The molecular weight excluding hydrogens is 224 g/mol. The number of para-hydroxylation sites is 1. The van der Waals surface area contributed by atoms with Crippen LogP contribution in [0.2, 0.25) is 0 Å². The largest absolute Gasteiger partial charge is 0.368 e. The van der Waals surface area contributed by atoms with E-state index in [1.807, 2.05) is 13.0 Å². The molecule has 2 rings (SSSR count). The summed E-state index contributed by atoms with van der Waals surface area (Å²) in [5.41, 5.74) is 7.37. The van der Waals surface area contributed by atoms with Crippen LogP contribution >= 0.6 is 0 Å². The highest BCUT2D eigenvalue weighted by Crippen LogP contribution is 2.32. The molecule has 0 radical (unpaired) electrons. The first-order valence-corrected chi connectivity index (χ1v) is 6.99. The van der Waals surface area contributed by atoms with Crippen molar-refractivity contribution in [2.45, 2.75) is 11.8 Å². The van der Waals surface area contributed by atoms with Gasteiger partial charge in [-0.3, -0.25) is 0 Å². The van der Waals surface area contributed by atoms with Crippen molar-refractivity contribution >= 4 is 15.5 Å². The van der Waals surface area contributed by atoms with Gasteiger partial charge in [-0.25, -0.2) is 8.42 Å². The average Bonchev–Trinajstić information content (AvgIpc) is 2.23. The van der Waals surface area contributed by atoms with Crippen LogP contribution in [0, 0.1) is 6.92 Å². The Kier molecular flexibility index (Phi) is 2.90. The molecule has 0 spiro atoms. The maximum Gasteiger partial charge on any atom is 0.182 e. The summed E-state index contributed by atoms with van der Waals surface area (Å²) in [7, 11) is -3.10. The molecule has 0 fully saturated rings. The van der Waals surface area contributed by atoms with Gasteiger partial charge in [0, 0.05) is 19.6 Å². The van der Waals surface area contributed by atoms with Gasteiger partial charge < -0.3 is 10.6 Å². The summed E-state index contributed by atoms with van der Waals surface area (Å²) in [5.74, 6) is 0.184. The van der Waals surface area contributed by atoms with Crippen LogP contribution in [-0.4, -0.2) is 33.8 Å². The number of fused-ring (bicyclic) bond motifs is 1. The van der Waals surface area contributed by atoms with Crippen LogP contribution in [0.4, 0.5) is 5.69 Å². The van der Waals surface area contributed by atoms with Crippen LogP contribution < -0.4 is 10.6 Å². The molecule has 0 saturated heterocycles. The minimum atomic E-state index is -3.10. The van der Waals surface area contributed by atoms with Crippen LogP contribution in [0.15, 0.2) is 23.1 Å². The Labute approximate surface area is 96.0 Å². The van der Waals surface area contributed by atoms with Gasteiger partial charge in [0.1, 0.15) is 0 Å². The van der Waals surface area contributed by atoms with E-state index in [0.717, 1.165) is 11.3 Å². The zero-order chi connectivity index (χ0) is 11.8. The van der Waals surface area contributed by atoms with Crippen molar-refractivity contribution in [3.05, 3.63) is 23.8 Å². The quantitative estimate of drug-likeness (QED) is 0.820. The van der Waals surface area contributed by atoms with E-state index in [1.54, 1.807) is 12.1 Å². The second-order valence-electron chi connectivity index (χ2n) is 4.02. The van der Waals surface area contributed by atoms with Gasteiger partial charge in [-0.05, 0) is 18.6 Å². The van der Waals surface area contributed by atoms with E-state index >= 15 is 0 Å². The Morgan fingerprint density at radius 3 is 2.88 bits per heavy atom. The molecule has 0 aromatic heterocycles. The molecule has 0 bridgehead atoms. The van der Waals surface area contributed by atoms with Gasteiger partial charge in [-0.2, -0.15) is 0 Å². The number of aryl methyl sites for hydroxylation is 1. The highest BCUT2D eigenvalue weighted by atomic mass is 32.2. The Morgan fingerprint density at radius 1 is 1.44 bits per heavy atom. The summed E-state index contributed by atoms with van der Waals surface area (Å²) in [6, 6.07) is 5.40. The van der Waals surface area contributed by atoms with E-state index in [9.17, 15) is 8.42 Å². The van der Waals surface area contributed by atoms with Crippen molar-refractivity contribution in [2.75, 3.05) is 30.3 Å². The van der Waals surface area contributed by atoms with Gasteiger partial charge in [-0.1, -0.05) is 12.1 Å². The predicted octanol–water partition coefficient (Wildman–Crippen LogP) is 0.547. The smallest absolute Gasteiger partial charge is 0.182 e. The SMILES string of the molecule is Cc1cccc2c1N(CCN)CCS2(=O)=O. The van der Waals surface area contributed by atoms with Crippen molar-refractivity contribution < 1.29 is 8.42 Å². The molecule has 16 heavy (non-hydrogen) atoms. The molecule has 0 atom stereocenters. The van der Waals surface area contributed by atoms with E-state index in [4.69, 9.17) is 5.73 Å². The summed E-state index contributed by atoms with van der Waals surface area (Å²) >= 11 is 0. The molecule has 4 nitrogen and oxygen atoms in total. The monoisotopic (exact) mass is 240 g/mol. The molecule has 1 aliphatic heterocycles. The van der Waals surface area contributed by atoms with Gasteiger partial charge in [0.2, 0.25) is 0 Å². The van der Waals surface area contributed by atoms with Crippen LogP contribution in [0.5, 0.6) is 0 Å². The molecule has 0 aliphatic carbocycles. The molecule has 0 amide bonds. The maximum atomic E-state index is 11.9. The Balaban J connectivity index is 2.58. The predicted molar refractivity (Wildman–Crippen MR) is 64.5 cm³/mol. The van der Waals surface area contributed by atoms with Crippen LogP contribution in [0.1, 0.15) is 5.56 Å². The first-order valence-electron chi connectivity index (χ1n) is 5.33. The van der Waals surface area contributed by atoms with Crippen LogP contribution in [0.25, 0.3) is 0 Å². The molecule has 0 saturated carbocycles. The summed E-state index contributed by atoms with van der Waals surface area (Å²) in [4.78, 5) is 2.51. The first-order chi connectivity index (χ1) is 7.56. The van der Waals surface area contributed by atoms with Crippen molar-refractivity contribution in [3.8, 4) is 0 Å². The molecule has 88 valence electrons. The van der Waals surface area contributed by atoms with Crippen molar-refractivity contribution in [1.29, 1.82) is 0 Å². The maximum absolute atomic E-state index is 11.9. The lowest BCUT2D eigenvalue weighted by molar-refractivity contribution is 0.589. The zero-order valence-corrected chi connectivity index (χ0v) is 10.1. The van der Waals surface area contributed by atoms with Gasteiger partial charge in [0.05, 0.1) is 16.3 Å². The third-order valence-corrected chi connectivity index (χ3v) is 4.60. The fraction of sp³-hybridized carbons (Fsp3) is 0.455. The number of sulfone groups is 1. The lowest BCUT2D eigenvalue weighted by Crippen LogP contribution is -2.38. The molecule has 5 heteroatoms. The number of benzene rings is 1. The van der Waals surface area contributed by atoms with Gasteiger partial charge in [0.15, 0.2) is 9.84 Å². The number of nitrogens with zero attached hydrogens (tertiary/aromatic N) is 1. The Hall–Kier alpha value is -1.07. The highest BCUT2D eigenvalue weighted by molar-refractivity contribution is 7.91. The summed E-state index contributed by atoms with van der Waals surface area (Å²) in [6.45, 7) is 3.71. The number of nitrogens with two attached hydrogens (primary N) is 1. The van der Waals surface area contributed by atoms with Crippen LogP contribution in [0.3, 0.4) is 0 Å². The first kappa shape index (κ1) is 11.4. The molecule has 1 heterocycles. The zero-order valence-electron chi connectivity index (χ0n) is 9.31. The summed E-state index contributed by atoms with van der Waals surface area (Å²) in [5, 5.41) is 0. The third kappa shape index (κ3) is 1.81. The van der Waals surface area contributed by atoms with Gasteiger partial charge in [-0.15, -0.1) is 0 Å². The summed E-state index contributed by atoms with van der Waals surface area (Å²) in [6.07, 6.45) is 0. The third-order valence-electron chi connectivity index (χ3n) is 2.88. The lowest BCUT2D eigenvalue weighted by Gasteiger charge is -2.32. The topological polar surface area (TPSA) is 63.4 Å². The van der Waals surface area contributed by atoms with Gasteiger partial charge in [0.25, 0.3) is 0 Å². The Morgan fingerprint density at radius 2 is 2.19 bits per heavy atom. The molecule has 1 aliphatic rings.